The van der Waals surface area contributed by atoms with Gasteiger partial charge in [-0.1, -0.05) is 113 Å². The zero-order valence-corrected chi connectivity index (χ0v) is 36.1. The van der Waals surface area contributed by atoms with Crippen LogP contribution >= 0.6 is 31.9 Å². The van der Waals surface area contributed by atoms with Crippen molar-refractivity contribution in [2.75, 3.05) is 0 Å². The minimum absolute atomic E-state index is 0.0390. The molecule has 0 aliphatic carbocycles. The summed E-state index contributed by atoms with van der Waals surface area (Å²) >= 11 is 6.85. The third-order valence-corrected chi connectivity index (χ3v) is 11.2. The quantitative estimate of drug-likeness (QED) is 0.0804. The van der Waals surface area contributed by atoms with Crippen LogP contribution in [0, 0.1) is 0 Å². The molecule has 0 saturated heterocycles. The Morgan fingerprint density at radius 3 is 1.19 bits per heavy atom. The molecule has 2 unspecified atom stereocenters. The van der Waals surface area contributed by atoms with Gasteiger partial charge in [-0.05, 0) is 127 Å². The summed E-state index contributed by atoms with van der Waals surface area (Å²) in [6.45, 7) is 1.73. The fraction of sp³-hybridized carbons (Fsp3) is 0.250. The molecule has 0 heterocycles. The second-order valence-corrected chi connectivity index (χ2v) is 17.0. The van der Waals surface area contributed by atoms with Gasteiger partial charge in [0.1, 0.15) is 34.5 Å². The Morgan fingerprint density at radius 2 is 0.814 bits per heavy atom. The first kappa shape index (κ1) is 43.7. The highest BCUT2D eigenvalue weighted by Gasteiger charge is 2.36. The fourth-order valence-corrected chi connectivity index (χ4v) is 8.06. The third kappa shape index (κ3) is 11.7. The summed E-state index contributed by atoms with van der Waals surface area (Å²) in [6, 6.07) is 44.4. The molecule has 5 nitrogen and oxygen atoms in total. The maximum Gasteiger partial charge on any atom is 0.387 e. The second-order valence-electron chi connectivity index (χ2n) is 15.3. The van der Waals surface area contributed by atoms with E-state index in [4.69, 9.17) is 23.7 Å². The van der Waals surface area contributed by atoms with Crippen LogP contribution in [0.3, 0.4) is 0 Å². The first-order valence-electron chi connectivity index (χ1n) is 19.0. The molecule has 0 aromatic heterocycles. The van der Waals surface area contributed by atoms with Crippen LogP contribution in [0.4, 0.5) is 17.6 Å². The molecule has 0 saturated carbocycles. The van der Waals surface area contributed by atoms with Crippen molar-refractivity contribution in [2.45, 2.75) is 76.8 Å². The van der Waals surface area contributed by atoms with Crippen molar-refractivity contribution in [3.63, 3.8) is 0 Å². The van der Waals surface area contributed by atoms with Gasteiger partial charge in [0.05, 0.1) is 21.2 Å². The predicted molar refractivity (Wildman–Crippen MR) is 229 cm³/mol. The molecular weight excluding hydrogens is 892 g/mol. The molecule has 2 atom stereocenters. The van der Waals surface area contributed by atoms with Gasteiger partial charge in [0, 0.05) is 11.1 Å². The van der Waals surface area contributed by atoms with Crippen molar-refractivity contribution in [3.05, 3.63) is 177 Å². The molecule has 6 rings (SSSR count). The van der Waals surface area contributed by atoms with Gasteiger partial charge in [0.15, 0.2) is 0 Å². The number of para-hydroxylation sites is 4. The minimum atomic E-state index is -3.05. The lowest BCUT2D eigenvalue weighted by molar-refractivity contribution is -0.0543. The molecule has 0 amide bonds. The third-order valence-electron chi connectivity index (χ3n) is 9.94. The topological polar surface area (TPSA) is 46.2 Å². The molecule has 0 spiro atoms. The smallest absolute Gasteiger partial charge is 0.387 e. The normalized spacial score (nSPS) is 12.9. The van der Waals surface area contributed by atoms with Crippen LogP contribution in [-0.4, -0.2) is 13.2 Å². The SMILES string of the molecule is CC(C)(CC(OC(CC(C)(C)c1cccc(Br)c1OC(F)F)c1cccc(Oc2ccccc2)c1)c1cccc(Oc2ccccc2)c1)c1cccc(Br)c1OC(F)F. The van der Waals surface area contributed by atoms with Crippen LogP contribution < -0.4 is 18.9 Å². The zero-order chi connectivity index (χ0) is 42.2. The molecule has 0 fully saturated rings. The van der Waals surface area contributed by atoms with Gasteiger partial charge >= 0.3 is 13.2 Å². The fourth-order valence-electron chi connectivity index (χ4n) is 7.14. The molecular formula is C48H44Br2F4O5. The van der Waals surface area contributed by atoms with Crippen LogP contribution in [-0.2, 0) is 15.6 Å². The number of ether oxygens (including phenoxy) is 5. The van der Waals surface area contributed by atoms with E-state index in [1.807, 2.05) is 137 Å². The standard InChI is InChI=1S/C48H44Br2F4O5/c1-47(2,37-23-13-25-39(49)43(37)58-45(51)52)29-41(31-15-11-21-35(27-31)55-33-17-7-5-8-18-33)57-42(32-16-12-22-36(28-32)56-34-19-9-6-10-20-34)30-48(3,4)38-24-14-26-40(50)44(38)59-46(53)54/h5-28,41-42,45-46H,29-30H2,1-4H3. The van der Waals surface area contributed by atoms with Crippen molar-refractivity contribution in [3.8, 4) is 34.5 Å². The Bertz CT molecular complexity index is 2130. The van der Waals surface area contributed by atoms with Crippen LogP contribution in [0.2, 0.25) is 0 Å². The number of hydrogen-bond donors (Lipinski definition) is 0. The Kier molecular flexibility index (Phi) is 14.4. The van der Waals surface area contributed by atoms with E-state index < -0.39 is 36.3 Å². The molecule has 6 aromatic rings. The van der Waals surface area contributed by atoms with Crippen molar-refractivity contribution < 1.29 is 41.2 Å². The lowest BCUT2D eigenvalue weighted by atomic mass is 9.76. The average Bonchev–Trinajstić information content (AvgIpc) is 3.19. The second kappa shape index (κ2) is 19.5. The molecule has 11 heteroatoms. The minimum Gasteiger partial charge on any atom is -0.457 e. The van der Waals surface area contributed by atoms with Gasteiger partial charge in [-0.2, -0.15) is 17.6 Å². The number of benzene rings is 6. The summed E-state index contributed by atoms with van der Waals surface area (Å²) in [4.78, 5) is 0. The average molecular weight is 937 g/mol. The zero-order valence-electron chi connectivity index (χ0n) is 32.9. The summed E-state index contributed by atoms with van der Waals surface area (Å²) in [5.74, 6) is 2.52. The Labute approximate surface area is 359 Å². The molecule has 0 radical (unpaired) electrons. The molecule has 0 bridgehead atoms. The molecule has 6 aromatic carbocycles. The highest BCUT2D eigenvalue weighted by Crippen LogP contribution is 2.48. The van der Waals surface area contributed by atoms with Gasteiger partial charge in [-0.15, -0.1) is 0 Å². The lowest BCUT2D eigenvalue weighted by Crippen LogP contribution is -2.28. The van der Waals surface area contributed by atoms with E-state index in [2.05, 4.69) is 31.9 Å². The van der Waals surface area contributed by atoms with Crippen molar-refractivity contribution in [1.29, 1.82) is 0 Å². The summed E-state index contributed by atoms with van der Waals surface area (Å²) in [5, 5.41) is 0. The number of hydrogen-bond acceptors (Lipinski definition) is 5. The lowest BCUT2D eigenvalue weighted by Gasteiger charge is -2.37. The highest BCUT2D eigenvalue weighted by molar-refractivity contribution is 9.11. The number of alkyl halides is 4. The molecule has 59 heavy (non-hydrogen) atoms. The Hall–Kier alpha value is -4.84. The number of rotatable bonds is 18. The van der Waals surface area contributed by atoms with E-state index in [0.29, 0.717) is 55.9 Å². The van der Waals surface area contributed by atoms with Crippen LogP contribution in [0.15, 0.2) is 155 Å². The van der Waals surface area contributed by atoms with E-state index in [9.17, 15) is 17.6 Å². The van der Waals surface area contributed by atoms with Gasteiger partial charge in [0.2, 0.25) is 0 Å². The maximum atomic E-state index is 13.8. The van der Waals surface area contributed by atoms with Crippen molar-refractivity contribution >= 4 is 31.9 Å². The first-order valence-corrected chi connectivity index (χ1v) is 20.6. The Morgan fingerprint density at radius 1 is 0.458 bits per heavy atom. The molecule has 0 aliphatic heterocycles. The van der Waals surface area contributed by atoms with E-state index in [1.165, 1.54) is 0 Å². The molecule has 0 aliphatic rings. The summed E-state index contributed by atoms with van der Waals surface area (Å²) in [5.41, 5.74) is 1.01. The van der Waals surface area contributed by atoms with Crippen molar-refractivity contribution in [1.82, 2.24) is 0 Å². The molecule has 308 valence electrons. The maximum absolute atomic E-state index is 13.8. The summed E-state index contributed by atoms with van der Waals surface area (Å²) in [7, 11) is 0. The Balaban J connectivity index is 1.47. The summed E-state index contributed by atoms with van der Waals surface area (Å²) < 4.78 is 86.1. The van der Waals surface area contributed by atoms with Crippen LogP contribution in [0.1, 0.15) is 75.0 Å². The van der Waals surface area contributed by atoms with Gasteiger partial charge < -0.3 is 23.7 Å². The summed E-state index contributed by atoms with van der Waals surface area (Å²) in [6.07, 6.45) is -0.764. The molecule has 0 N–H and O–H groups in total. The van der Waals surface area contributed by atoms with Crippen LogP contribution in [0.25, 0.3) is 0 Å². The first-order chi connectivity index (χ1) is 28.2. The van der Waals surface area contributed by atoms with E-state index in [-0.39, 0.29) is 11.5 Å². The van der Waals surface area contributed by atoms with Gasteiger partial charge in [0.25, 0.3) is 0 Å². The van der Waals surface area contributed by atoms with E-state index in [0.717, 1.165) is 11.1 Å². The predicted octanol–water partition coefficient (Wildman–Crippen LogP) is 15.5. The number of halogens is 6. The van der Waals surface area contributed by atoms with E-state index in [1.54, 1.807) is 36.4 Å². The van der Waals surface area contributed by atoms with E-state index >= 15 is 0 Å². The monoisotopic (exact) mass is 934 g/mol. The highest BCUT2D eigenvalue weighted by atomic mass is 79.9. The largest absolute Gasteiger partial charge is 0.457 e. The van der Waals surface area contributed by atoms with Gasteiger partial charge in [-0.25, -0.2) is 0 Å². The van der Waals surface area contributed by atoms with Crippen molar-refractivity contribution in [2.24, 2.45) is 0 Å². The van der Waals surface area contributed by atoms with Gasteiger partial charge in [-0.3, -0.25) is 0 Å². The van der Waals surface area contributed by atoms with Crippen LogP contribution in [0.5, 0.6) is 34.5 Å².